The number of rotatable bonds is 5. The summed E-state index contributed by atoms with van der Waals surface area (Å²) < 4.78 is 8.97. The van der Waals surface area contributed by atoms with Gasteiger partial charge in [0.15, 0.2) is 5.58 Å². The molecule has 0 aliphatic rings. The van der Waals surface area contributed by atoms with E-state index in [0.717, 1.165) is 61.0 Å². The standard InChI is InChI=1S/C45H29N3O/c1-3-13-32(14-4-1)45-46-38-28-26-31-24-23-30-25-27-34(29-37(30)43(31)44(38)49-45)47(33-15-5-2-6-16-33)41-21-11-12-22-42(41)48-39-19-9-7-17-35(39)36-18-8-10-20-40(36)48/h1-29H. The molecule has 2 heterocycles. The topological polar surface area (TPSA) is 34.2 Å². The van der Waals surface area contributed by atoms with Gasteiger partial charge < -0.3 is 13.9 Å². The minimum Gasteiger partial charge on any atom is -0.435 e. The Bertz CT molecular complexity index is 2780. The Morgan fingerprint density at radius 1 is 0.490 bits per heavy atom. The molecular formula is C45H29N3O. The van der Waals surface area contributed by atoms with Crippen molar-refractivity contribution in [1.29, 1.82) is 0 Å². The third kappa shape index (κ3) is 4.35. The Balaban J connectivity index is 1.24. The van der Waals surface area contributed by atoms with E-state index in [1.54, 1.807) is 0 Å². The number of aromatic nitrogens is 2. The van der Waals surface area contributed by atoms with Crippen LogP contribution in [-0.2, 0) is 0 Å². The molecule has 0 N–H and O–H groups in total. The molecule has 0 spiro atoms. The van der Waals surface area contributed by atoms with Crippen molar-refractivity contribution in [2.24, 2.45) is 0 Å². The largest absolute Gasteiger partial charge is 0.435 e. The summed E-state index contributed by atoms with van der Waals surface area (Å²) >= 11 is 0. The maximum absolute atomic E-state index is 6.57. The highest BCUT2D eigenvalue weighted by atomic mass is 16.3. The molecule has 0 fully saturated rings. The molecule has 0 aliphatic carbocycles. The van der Waals surface area contributed by atoms with Crippen LogP contribution in [0.15, 0.2) is 180 Å². The normalized spacial score (nSPS) is 11.7. The number of benzene rings is 8. The number of oxazole rings is 1. The first kappa shape index (κ1) is 27.5. The van der Waals surface area contributed by atoms with Gasteiger partial charge in [-0.25, -0.2) is 4.98 Å². The van der Waals surface area contributed by atoms with Crippen LogP contribution in [0.25, 0.3) is 71.6 Å². The molecule has 10 rings (SSSR count). The maximum atomic E-state index is 6.57. The molecule has 4 heteroatoms. The van der Waals surface area contributed by atoms with Gasteiger partial charge in [-0.15, -0.1) is 0 Å². The smallest absolute Gasteiger partial charge is 0.227 e. The molecule has 0 bridgehead atoms. The Kier molecular flexibility index (Phi) is 6.15. The zero-order valence-electron chi connectivity index (χ0n) is 26.5. The average Bonchev–Trinajstić information content (AvgIpc) is 3.76. The van der Waals surface area contributed by atoms with Gasteiger partial charge in [-0.1, -0.05) is 109 Å². The SMILES string of the molecule is c1ccc(-c2nc3ccc4ccc5ccc(N(c6ccccc6)c6ccccc6-n6c7ccccc7c7ccccc76)cc5c4c3o2)cc1. The van der Waals surface area contributed by atoms with Crippen LogP contribution in [-0.4, -0.2) is 9.55 Å². The number of para-hydroxylation sites is 5. The fourth-order valence-corrected chi connectivity index (χ4v) is 7.38. The molecule has 49 heavy (non-hydrogen) atoms. The molecule has 0 saturated heterocycles. The number of nitrogens with zero attached hydrogens (tertiary/aromatic N) is 3. The number of fused-ring (bicyclic) bond motifs is 8. The van der Waals surface area contributed by atoms with E-state index in [2.05, 4.69) is 155 Å². The van der Waals surface area contributed by atoms with Crippen LogP contribution in [0.4, 0.5) is 17.1 Å². The second-order valence-corrected chi connectivity index (χ2v) is 12.4. The van der Waals surface area contributed by atoms with Crippen molar-refractivity contribution in [3.8, 4) is 17.1 Å². The summed E-state index contributed by atoms with van der Waals surface area (Å²) in [5.74, 6) is 0.627. The Morgan fingerprint density at radius 2 is 1.10 bits per heavy atom. The van der Waals surface area contributed by atoms with E-state index in [0.29, 0.717) is 5.89 Å². The van der Waals surface area contributed by atoms with Gasteiger partial charge in [0.05, 0.1) is 22.4 Å². The van der Waals surface area contributed by atoms with Crippen LogP contribution in [0.5, 0.6) is 0 Å². The van der Waals surface area contributed by atoms with Crippen LogP contribution in [0, 0.1) is 0 Å². The molecule has 4 nitrogen and oxygen atoms in total. The summed E-state index contributed by atoms with van der Waals surface area (Å²) in [6, 6.07) is 62.1. The van der Waals surface area contributed by atoms with Crippen molar-refractivity contribution in [2.75, 3.05) is 4.90 Å². The highest BCUT2D eigenvalue weighted by Gasteiger charge is 2.21. The van der Waals surface area contributed by atoms with Crippen molar-refractivity contribution >= 4 is 71.5 Å². The van der Waals surface area contributed by atoms with E-state index in [-0.39, 0.29) is 0 Å². The van der Waals surface area contributed by atoms with Gasteiger partial charge in [-0.2, -0.15) is 0 Å². The monoisotopic (exact) mass is 627 g/mol. The molecule has 10 aromatic rings. The lowest BCUT2D eigenvalue weighted by atomic mass is 10.00. The van der Waals surface area contributed by atoms with Crippen LogP contribution in [0.2, 0.25) is 0 Å². The number of hydrogen-bond acceptors (Lipinski definition) is 3. The molecule has 0 aliphatic heterocycles. The second-order valence-electron chi connectivity index (χ2n) is 12.4. The maximum Gasteiger partial charge on any atom is 0.227 e. The zero-order valence-corrected chi connectivity index (χ0v) is 26.5. The zero-order chi connectivity index (χ0) is 32.3. The van der Waals surface area contributed by atoms with Gasteiger partial charge >= 0.3 is 0 Å². The molecule has 0 atom stereocenters. The number of hydrogen-bond donors (Lipinski definition) is 0. The van der Waals surface area contributed by atoms with Gasteiger partial charge in [0, 0.05) is 33.1 Å². The van der Waals surface area contributed by atoms with Gasteiger partial charge in [-0.05, 0) is 82.9 Å². The minimum absolute atomic E-state index is 0.627. The van der Waals surface area contributed by atoms with E-state index in [9.17, 15) is 0 Å². The van der Waals surface area contributed by atoms with E-state index in [1.165, 1.54) is 21.8 Å². The Hall–Kier alpha value is -6.65. The van der Waals surface area contributed by atoms with E-state index < -0.39 is 0 Å². The van der Waals surface area contributed by atoms with Gasteiger partial charge in [0.1, 0.15) is 5.52 Å². The van der Waals surface area contributed by atoms with Crippen molar-refractivity contribution in [3.63, 3.8) is 0 Å². The van der Waals surface area contributed by atoms with Crippen molar-refractivity contribution < 1.29 is 4.42 Å². The average molecular weight is 628 g/mol. The van der Waals surface area contributed by atoms with Crippen LogP contribution >= 0.6 is 0 Å². The van der Waals surface area contributed by atoms with E-state index in [4.69, 9.17) is 9.40 Å². The first-order valence-corrected chi connectivity index (χ1v) is 16.6. The lowest BCUT2D eigenvalue weighted by Gasteiger charge is -2.28. The fraction of sp³-hybridized carbons (Fsp3) is 0. The predicted molar refractivity (Wildman–Crippen MR) is 203 cm³/mol. The van der Waals surface area contributed by atoms with Crippen LogP contribution in [0.3, 0.4) is 0 Å². The van der Waals surface area contributed by atoms with E-state index in [1.807, 2.05) is 30.3 Å². The predicted octanol–water partition coefficient (Wildman–Crippen LogP) is 12.4. The lowest BCUT2D eigenvalue weighted by molar-refractivity contribution is 0.623. The fourth-order valence-electron chi connectivity index (χ4n) is 7.38. The first-order valence-electron chi connectivity index (χ1n) is 16.6. The third-order valence-corrected chi connectivity index (χ3v) is 9.58. The molecule has 0 unspecified atom stereocenters. The molecule has 2 aromatic heterocycles. The first-order chi connectivity index (χ1) is 24.3. The molecule has 0 saturated carbocycles. The molecular weight excluding hydrogens is 599 g/mol. The highest BCUT2D eigenvalue weighted by Crippen LogP contribution is 2.43. The number of anilines is 3. The van der Waals surface area contributed by atoms with Crippen molar-refractivity contribution in [2.45, 2.75) is 0 Å². The minimum atomic E-state index is 0.627. The highest BCUT2D eigenvalue weighted by molar-refractivity contribution is 6.19. The summed E-state index contributed by atoms with van der Waals surface area (Å²) in [6.45, 7) is 0. The lowest BCUT2D eigenvalue weighted by Crippen LogP contribution is -2.13. The van der Waals surface area contributed by atoms with Crippen LogP contribution in [0.1, 0.15) is 0 Å². The summed E-state index contributed by atoms with van der Waals surface area (Å²) in [5.41, 5.74) is 9.28. The summed E-state index contributed by atoms with van der Waals surface area (Å²) in [6.07, 6.45) is 0. The molecule has 8 aromatic carbocycles. The van der Waals surface area contributed by atoms with Crippen molar-refractivity contribution in [3.05, 3.63) is 176 Å². The Labute approximate surface area is 282 Å². The quantitative estimate of drug-likeness (QED) is 0.178. The summed E-state index contributed by atoms with van der Waals surface area (Å²) in [7, 11) is 0. The third-order valence-electron chi connectivity index (χ3n) is 9.58. The van der Waals surface area contributed by atoms with Crippen LogP contribution < -0.4 is 4.90 Å². The van der Waals surface area contributed by atoms with Crippen molar-refractivity contribution in [1.82, 2.24) is 9.55 Å². The second kappa shape index (κ2) is 11.0. The summed E-state index contributed by atoms with van der Waals surface area (Å²) in [4.78, 5) is 7.27. The van der Waals surface area contributed by atoms with Gasteiger partial charge in [0.25, 0.3) is 0 Å². The summed E-state index contributed by atoms with van der Waals surface area (Å²) in [5, 5.41) is 6.92. The van der Waals surface area contributed by atoms with Gasteiger partial charge in [-0.3, -0.25) is 0 Å². The Morgan fingerprint density at radius 3 is 1.88 bits per heavy atom. The molecule has 0 radical (unpaired) electrons. The van der Waals surface area contributed by atoms with Gasteiger partial charge in [0.2, 0.25) is 5.89 Å². The molecule has 230 valence electrons. The molecule has 0 amide bonds. The van der Waals surface area contributed by atoms with E-state index >= 15 is 0 Å².